The van der Waals surface area contributed by atoms with Crippen LogP contribution in [0.3, 0.4) is 0 Å². The lowest BCUT2D eigenvalue weighted by Crippen LogP contribution is -2.16. The van der Waals surface area contributed by atoms with Crippen molar-refractivity contribution >= 4 is 44.2 Å². The van der Waals surface area contributed by atoms with Crippen molar-refractivity contribution < 1.29 is 14.3 Å². The molecule has 0 saturated carbocycles. The molecule has 6 nitrogen and oxygen atoms in total. The van der Waals surface area contributed by atoms with Crippen LogP contribution in [0.2, 0.25) is 0 Å². The summed E-state index contributed by atoms with van der Waals surface area (Å²) >= 11 is 1.37. The highest BCUT2D eigenvalue weighted by Crippen LogP contribution is 2.28. The van der Waals surface area contributed by atoms with Crippen molar-refractivity contribution in [2.75, 3.05) is 24.4 Å². The molecule has 0 atom stereocenters. The SMILES string of the molecule is CCC(=O)Nc1nc2ccc(NC(=O)COC)cc2s1. The monoisotopic (exact) mass is 293 g/mol. The van der Waals surface area contributed by atoms with Crippen LogP contribution in [0.1, 0.15) is 13.3 Å². The normalized spacial score (nSPS) is 10.5. The van der Waals surface area contributed by atoms with E-state index in [4.69, 9.17) is 4.74 Å². The number of anilines is 2. The van der Waals surface area contributed by atoms with E-state index in [9.17, 15) is 9.59 Å². The summed E-state index contributed by atoms with van der Waals surface area (Å²) in [4.78, 5) is 27.1. The molecular formula is C13H15N3O3S. The van der Waals surface area contributed by atoms with Gasteiger partial charge in [-0.1, -0.05) is 18.3 Å². The Bertz CT molecular complexity index is 639. The number of thiazole rings is 1. The number of ether oxygens (including phenoxy) is 1. The smallest absolute Gasteiger partial charge is 0.250 e. The number of amides is 2. The zero-order valence-corrected chi connectivity index (χ0v) is 12.0. The molecule has 2 aromatic rings. The van der Waals surface area contributed by atoms with Gasteiger partial charge in [-0.2, -0.15) is 0 Å². The van der Waals surface area contributed by atoms with E-state index in [1.165, 1.54) is 18.4 Å². The molecule has 1 heterocycles. The van der Waals surface area contributed by atoms with E-state index >= 15 is 0 Å². The number of nitrogens with one attached hydrogen (secondary N) is 2. The van der Waals surface area contributed by atoms with E-state index in [1.807, 2.05) is 6.07 Å². The Kier molecular flexibility index (Phi) is 4.65. The number of carbonyl (C=O) groups is 2. The van der Waals surface area contributed by atoms with E-state index in [0.29, 0.717) is 17.2 Å². The Morgan fingerprint density at radius 1 is 1.30 bits per heavy atom. The summed E-state index contributed by atoms with van der Waals surface area (Å²) < 4.78 is 5.65. The summed E-state index contributed by atoms with van der Waals surface area (Å²) in [6.45, 7) is 1.80. The number of hydrogen-bond donors (Lipinski definition) is 2. The van der Waals surface area contributed by atoms with Gasteiger partial charge in [0, 0.05) is 19.2 Å². The summed E-state index contributed by atoms with van der Waals surface area (Å²) in [6.07, 6.45) is 0.411. The van der Waals surface area contributed by atoms with Crippen LogP contribution in [0, 0.1) is 0 Å². The van der Waals surface area contributed by atoms with Gasteiger partial charge >= 0.3 is 0 Å². The lowest BCUT2D eigenvalue weighted by molar-refractivity contribution is -0.119. The molecule has 2 amide bonds. The Labute approximate surface area is 120 Å². The lowest BCUT2D eigenvalue weighted by Gasteiger charge is -2.03. The Balaban J connectivity index is 2.17. The zero-order valence-electron chi connectivity index (χ0n) is 11.2. The van der Waals surface area contributed by atoms with Gasteiger partial charge in [-0.15, -0.1) is 0 Å². The largest absolute Gasteiger partial charge is 0.375 e. The first-order chi connectivity index (χ1) is 9.62. The summed E-state index contributed by atoms with van der Waals surface area (Å²) in [5.41, 5.74) is 1.46. The molecule has 7 heteroatoms. The van der Waals surface area contributed by atoms with Gasteiger partial charge in [-0.05, 0) is 18.2 Å². The standard InChI is InChI=1S/C13H15N3O3S/c1-3-11(17)16-13-15-9-5-4-8(6-10(9)20-13)14-12(18)7-19-2/h4-6H,3,7H2,1-2H3,(H,14,18)(H,15,16,17). The summed E-state index contributed by atoms with van der Waals surface area (Å²) in [5, 5.41) is 6.01. The van der Waals surface area contributed by atoms with Gasteiger partial charge in [0.15, 0.2) is 5.13 Å². The molecule has 0 spiro atoms. The van der Waals surface area contributed by atoms with Gasteiger partial charge in [0.2, 0.25) is 11.8 Å². The molecule has 2 N–H and O–H groups in total. The maximum Gasteiger partial charge on any atom is 0.250 e. The van der Waals surface area contributed by atoms with Crippen LogP contribution in [0.5, 0.6) is 0 Å². The van der Waals surface area contributed by atoms with E-state index in [-0.39, 0.29) is 18.4 Å². The van der Waals surface area contributed by atoms with Crippen LogP contribution in [0.15, 0.2) is 18.2 Å². The number of benzene rings is 1. The Morgan fingerprint density at radius 3 is 2.80 bits per heavy atom. The predicted molar refractivity (Wildman–Crippen MR) is 79.0 cm³/mol. The molecule has 106 valence electrons. The minimum atomic E-state index is -0.212. The number of rotatable bonds is 5. The molecule has 0 aliphatic heterocycles. The fourth-order valence-corrected chi connectivity index (χ4v) is 2.51. The lowest BCUT2D eigenvalue weighted by atomic mass is 10.3. The number of carbonyl (C=O) groups excluding carboxylic acids is 2. The van der Waals surface area contributed by atoms with Crippen LogP contribution in [-0.2, 0) is 14.3 Å². The molecule has 1 aromatic carbocycles. The Hall–Kier alpha value is -1.99. The first kappa shape index (κ1) is 14.4. The minimum Gasteiger partial charge on any atom is -0.375 e. The van der Waals surface area contributed by atoms with Gasteiger partial charge in [-0.3, -0.25) is 9.59 Å². The third-order valence-corrected chi connectivity index (χ3v) is 3.45. The van der Waals surface area contributed by atoms with Gasteiger partial charge in [0.1, 0.15) is 6.61 Å². The molecular weight excluding hydrogens is 278 g/mol. The number of aromatic nitrogens is 1. The molecule has 0 fully saturated rings. The maximum atomic E-state index is 11.4. The highest BCUT2D eigenvalue weighted by atomic mass is 32.1. The van der Waals surface area contributed by atoms with Crippen LogP contribution >= 0.6 is 11.3 Å². The molecule has 0 bridgehead atoms. The van der Waals surface area contributed by atoms with Crippen molar-refractivity contribution in [2.45, 2.75) is 13.3 Å². The van der Waals surface area contributed by atoms with Gasteiger partial charge < -0.3 is 15.4 Å². The van der Waals surface area contributed by atoms with Gasteiger partial charge in [0.05, 0.1) is 10.2 Å². The number of nitrogens with zero attached hydrogens (tertiary/aromatic N) is 1. The number of methoxy groups -OCH3 is 1. The molecule has 0 radical (unpaired) electrons. The van der Waals surface area contributed by atoms with Gasteiger partial charge in [0.25, 0.3) is 0 Å². The van der Waals surface area contributed by atoms with Crippen molar-refractivity contribution in [2.24, 2.45) is 0 Å². The quantitative estimate of drug-likeness (QED) is 0.886. The molecule has 0 aliphatic rings. The van der Waals surface area contributed by atoms with E-state index in [2.05, 4.69) is 15.6 Å². The van der Waals surface area contributed by atoms with Crippen molar-refractivity contribution in [1.82, 2.24) is 4.98 Å². The second kappa shape index (κ2) is 6.44. The van der Waals surface area contributed by atoms with Crippen molar-refractivity contribution in [3.63, 3.8) is 0 Å². The third kappa shape index (κ3) is 3.52. The zero-order chi connectivity index (χ0) is 14.5. The van der Waals surface area contributed by atoms with Crippen LogP contribution in [0.4, 0.5) is 10.8 Å². The third-order valence-electron chi connectivity index (χ3n) is 2.52. The van der Waals surface area contributed by atoms with Crippen LogP contribution in [0.25, 0.3) is 10.2 Å². The minimum absolute atomic E-state index is 0.0124. The molecule has 1 aromatic heterocycles. The van der Waals surface area contributed by atoms with E-state index in [0.717, 1.165) is 10.2 Å². The maximum absolute atomic E-state index is 11.4. The second-order valence-electron chi connectivity index (χ2n) is 4.08. The van der Waals surface area contributed by atoms with E-state index in [1.54, 1.807) is 19.1 Å². The fourth-order valence-electron chi connectivity index (χ4n) is 1.59. The molecule has 2 rings (SSSR count). The van der Waals surface area contributed by atoms with E-state index < -0.39 is 0 Å². The molecule has 20 heavy (non-hydrogen) atoms. The van der Waals surface area contributed by atoms with Gasteiger partial charge in [-0.25, -0.2) is 4.98 Å². The van der Waals surface area contributed by atoms with Crippen molar-refractivity contribution in [1.29, 1.82) is 0 Å². The topological polar surface area (TPSA) is 80.3 Å². The highest BCUT2D eigenvalue weighted by molar-refractivity contribution is 7.22. The predicted octanol–water partition coefficient (Wildman–Crippen LogP) is 2.23. The Morgan fingerprint density at radius 2 is 2.10 bits per heavy atom. The number of fused-ring (bicyclic) bond motifs is 1. The molecule has 0 aliphatic carbocycles. The summed E-state index contributed by atoms with van der Waals surface area (Å²) in [7, 11) is 1.47. The molecule has 0 unspecified atom stereocenters. The average Bonchev–Trinajstić information content (AvgIpc) is 2.80. The molecule has 0 saturated heterocycles. The number of hydrogen-bond acceptors (Lipinski definition) is 5. The van der Waals surface area contributed by atoms with Crippen LogP contribution < -0.4 is 10.6 Å². The van der Waals surface area contributed by atoms with Crippen molar-refractivity contribution in [3.05, 3.63) is 18.2 Å². The first-order valence-electron chi connectivity index (χ1n) is 6.11. The van der Waals surface area contributed by atoms with Crippen molar-refractivity contribution in [3.8, 4) is 0 Å². The second-order valence-corrected chi connectivity index (χ2v) is 5.12. The summed E-state index contributed by atoms with van der Waals surface area (Å²) in [5.74, 6) is -0.284. The first-order valence-corrected chi connectivity index (χ1v) is 6.93. The highest BCUT2D eigenvalue weighted by Gasteiger charge is 2.08. The average molecular weight is 293 g/mol. The fraction of sp³-hybridized carbons (Fsp3) is 0.308. The summed E-state index contributed by atoms with van der Waals surface area (Å²) in [6, 6.07) is 5.39. The van der Waals surface area contributed by atoms with Crippen LogP contribution in [-0.4, -0.2) is 30.5 Å².